The van der Waals surface area contributed by atoms with Crippen molar-refractivity contribution >= 4 is 0 Å². The van der Waals surface area contributed by atoms with Gasteiger partial charge in [0, 0.05) is 23.7 Å². The minimum absolute atomic E-state index is 0.336. The SMILES string of the molecule is COc1ccc(C(C)N2CCCCC2CCN)c(OC)c1. The van der Waals surface area contributed by atoms with E-state index in [1.807, 2.05) is 12.1 Å². The van der Waals surface area contributed by atoms with E-state index in [2.05, 4.69) is 17.9 Å². The summed E-state index contributed by atoms with van der Waals surface area (Å²) in [7, 11) is 3.40. The quantitative estimate of drug-likeness (QED) is 0.875. The fourth-order valence-corrected chi connectivity index (χ4v) is 3.38. The second-order valence-electron chi connectivity index (χ2n) is 5.75. The predicted molar refractivity (Wildman–Crippen MR) is 86.0 cm³/mol. The number of nitrogens with zero attached hydrogens (tertiary/aromatic N) is 1. The number of hydrogen-bond donors (Lipinski definition) is 1. The molecular formula is C17H28N2O2. The summed E-state index contributed by atoms with van der Waals surface area (Å²) in [5, 5.41) is 0. The monoisotopic (exact) mass is 292 g/mol. The zero-order valence-corrected chi connectivity index (χ0v) is 13.5. The van der Waals surface area contributed by atoms with Gasteiger partial charge in [-0.25, -0.2) is 0 Å². The Bertz CT molecular complexity index is 448. The van der Waals surface area contributed by atoms with E-state index < -0.39 is 0 Å². The molecule has 1 saturated heterocycles. The summed E-state index contributed by atoms with van der Waals surface area (Å²) >= 11 is 0. The predicted octanol–water partition coefficient (Wildman–Crippen LogP) is 2.97. The van der Waals surface area contributed by atoms with E-state index in [0.717, 1.165) is 31.0 Å². The van der Waals surface area contributed by atoms with Crippen molar-refractivity contribution in [1.29, 1.82) is 0 Å². The topological polar surface area (TPSA) is 47.7 Å². The van der Waals surface area contributed by atoms with Crippen molar-refractivity contribution in [2.75, 3.05) is 27.3 Å². The average molecular weight is 292 g/mol. The van der Waals surface area contributed by atoms with Gasteiger partial charge in [0.05, 0.1) is 14.2 Å². The molecule has 2 rings (SSSR count). The maximum absolute atomic E-state index is 5.79. The first kappa shape index (κ1) is 16.1. The van der Waals surface area contributed by atoms with Crippen molar-refractivity contribution in [3.8, 4) is 11.5 Å². The molecule has 4 nitrogen and oxygen atoms in total. The van der Waals surface area contributed by atoms with Crippen molar-refractivity contribution in [2.24, 2.45) is 5.73 Å². The number of nitrogens with two attached hydrogens (primary N) is 1. The summed E-state index contributed by atoms with van der Waals surface area (Å²) in [6, 6.07) is 7.02. The van der Waals surface area contributed by atoms with Gasteiger partial charge in [0.25, 0.3) is 0 Å². The van der Waals surface area contributed by atoms with Crippen LogP contribution in [0.5, 0.6) is 11.5 Å². The lowest BCUT2D eigenvalue weighted by molar-refractivity contribution is 0.0970. The van der Waals surface area contributed by atoms with Gasteiger partial charge in [-0.15, -0.1) is 0 Å². The van der Waals surface area contributed by atoms with E-state index in [-0.39, 0.29) is 0 Å². The molecule has 0 amide bonds. The molecule has 2 atom stereocenters. The van der Waals surface area contributed by atoms with E-state index in [9.17, 15) is 0 Å². The second kappa shape index (κ2) is 7.66. The molecule has 1 aliphatic rings. The smallest absolute Gasteiger partial charge is 0.127 e. The van der Waals surface area contributed by atoms with E-state index in [1.54, 1.807) is 14.2 Å². The first-order valence-electron chi connectivity index (χ1n) is 7.89. The van der Waals surface area contributed by atoms with Crippen LogP contribution in [0.4, 0.5) is 0 Å². The van der Waals surface area contributed by atoms with E-state index in [4.69, 9.17) is 15.2 Å². The number of hydrogen-bond acceptors (Lipinski definition) is 4. The molecule has 1 heterocycles. The third kappa shape index (κ3) is 3.69. The molecule has 0 saturated carbocycles. The molecule has 0 aliphatic carbocycles. The van der Waals surface area contributed by atoms with Gasteiger partial charge in [0.2, 0.25) is 0 Å². The Morgan fingerprint density at radius 1 is 1.29 bits per heavy atom. The highest BCUT2D eigenvalue weighted by Crippen LogP contribution is 2.36. The Morgan fingerprint density at radius 3 is 2.76 bits per heavy atom. The van der Waals surface area contributed by atoms with Crippen LogP contribution in [-0.4, -0.2) is 38.3 Å². The Hall–Kier alpha value is -1.26. The third-order valence-corrected chi connectivity index (χ3v) is 4.56. The molecule has 0 aromatic heterocycles. The number of likely N-dealkylation sites (tertiary alicyclic amines) is 1. The molecule has 1 aliphatic heterocycles. The van der Waals surface area contributed by atoms with Gasteiger partial charge < -0.3 is 15.2 Å². The molecule has 2 unspecified atom stereocenters. The Balaban J connectivity index is 2.22. The Labute approximate surface area is 128 Å². The van der Waals surface area contributed by atoms with Crippen LogP contribution in [-0.2, 0) is 0 Å². The maximum Gasteiger partial charge on any atom is 0.127 e. The molecule has 0 bridgehead atoms. The van der Waals surface area contributed by atoms with Gasteiger partial charge in [-0.2, -0.15) is 0 Å². The number of benzene rings is 1. The summed E-state index contributed by atoms with van der Waals surface area (Å²) in [4.78, 5) is 2.58. The standard InChI is InChI=1S/C17H28N2O2/c1-13(19-11-5-4-6-14(19)9-10-18)16-8-7-15(20-2)12-17(16)21-3/h7-8,12-14H,4-6,9-11,18H2,1-3H3. The van der Waals surface area contributed by atoms with Gasteiger partial charge in [0.15, 0.2) is 0 Å². The highest BCUT2D eigenvalue weighted by atomic mass is 16.5. The molecule has 4 heteroatoms. The van der Waals surface area contributed by atoms with Crippen molar-refractivity contribution in [3.63, 3.8) is 0 Å². The molecule has 1 aromatic carbocycles. The molecule has 2 N–H and O–H groups in total. The Morgan fingerprint density at radius 2 is 2.10 bits per heavy atom. The van der Waals surface area contributed by atoms with Gasteiger partial charge in [-0.05, 0) is 45.3 Å². The van der Waals surface area contributed by atoms with Crippen LogP contribution >= 0.6 is 0 Å². The summed E-state index contributed by atoms with van der Waals surface area (Å²) in [5.41, 5.74) is 7.01. The van der Waals surface area contributed by atoms with E-state index in [0.29, 0.717) is 12.1 Å². The highest BCUT2D eigenvalue weighted by molar-refractivity contribution is 5.42. The molecular weight excluding hydrogens is 264 g/mol. The van der Waals surface area contributed by atoms with Crippen LogP contribution in [0.3, 0.4) is 0 Å². The minimum atomic E-state index is 0.336. The summed E-state index contributed by atoms with van der Waals surface area (Å²) in [6.45, 7) is 4.16. The summed E-state index contributed by atoms with van der Waals surface area (Å²) < 4.78 is 10.9. The second-order valence-corrected chi connectivity index (χ2v) is 5.75. The van der Waals surface area contributed by atoms with Gasteiger partial charge in [-0.1, -0.05) is 12.5 Å². The van der Waals surface area contributed by atoms with Crippen molar-refractivity contribution in [2.45, 2.75) is 44.7 Å². The van der Waals surface area contributed by atoms with Crippen LogP contribution in [0.2, 0.25) is 0 Å². The zero-order valence-electron chi connectivity index (χ0n) is 13.5. The number of ether oxygens (including phenoxy) is 2. The number of piperidine rings is 1. The summed E-state index contributed by atoms with van der Waals surface area (Å²) in [5.74, 6) is 1.74. The summed E-state index contributed by atoms with van der Waals surface area (Å²) in [6.07, 6.45) is 4.90. The van der Waals surface area contributed by atoms with Crippen LogP contribution in [0.1, 0.15) is 44.2 Å². The Kier molecular flexibility index (Phi) is 5.88. The first-order valence-corrected chi connectivity index (χ1v) is 7.89. The lowest BCUT2D eigenvalue weighted by Gasteiger charge is -2.40. The van der Waals surface area contributed by atoms with Crippen LogP contribution in [0.15, 0.2) is 18.2 Å². The molecule has 118 valence electrons. The number of methoxy groups -OCH3 is 2. The maximum atomic E-state index is 5.79. The molecule has 1 fully saturated rings. The number of rotatable bonds is 6. The molecule has 0 radical (unpaired) electrons. The largest absolute Gasteiger partial charge is 0.497 e. The van der Waals surface area contributed by atoms with Crippen molar-refractivity contribution in [3.05, 3.63) is 23.8 Å². The van der Waals surface area contributed by atoms with Crippen LogP contribution < -0.4 is 15.2 Å². The lowest BCUT2D eigenvalue weighted by atomic mass is 9.94. The van der Waals surface area contributed by atoms with Crippen molar-refractivity contribution < 1.29 is 9.47 Å². The third-order valence-electron chi connectivity index (χ3n) is 4.56. The van der Waals surface area contributed by atoms with Gasteiger partial charge >= 0.3 is 0 Å². The minimum Gasteiger partial charge on any atom is -0.497 e. The molecule has 21 heavy (non-hydrogen) atoms. The van der Waals surface area contributed by atoms with E-state index >= 15 is 0 Å². The van der Waals surface area contributed by atoms with Crippen LogP contribution in [0, 0.1) is 0 Å². The normalized spacial score (nSPS) is 21.0. The van der Waals surface area contributed by atoms with E-state index in [1.165, 1.54) is 24.8 Å². The fourth-order valence-electron chi connectivity index (χ4n) is 3.38. The average Bonchev–Trinajstić information content (AvgIpc) is 2.54. The van der Waals surface area contributed by atoms with Gasteiger partial charge in [-0.3, -0.25) is 4.90 Å². The fraction of sp³-hybridized carbons (Fsp3) is 0.647. The van der Waals surface area contributed by atoms with Crippen molar-refractivity contribution in [1.82, 2.24) is 4.90 Å². The van der Waals surface area contributed by atoms with Gasteiger partial charge in [0.1, 0.15) is 11.5 Å². The lowest BCUT2D eigenvalue weighted by Crippen LogP contribution is -2.42. The molecule has 1 aromatic rings. The first-order chi connectivity index (χ1) is 10.2. The highest BCUT2D eigenvalue weighted by Gasteiger charge is 2.28. The zero-order chi connectivity index (χ0) is 15.2. The van der Waals surface area contributed by atoms with Crippen LogP contribution in [0.25, 0.3) is 0 Å². The molecule has 0 spiro atoms.